The van der Waals surface area contributed by atoms with Gasteiger partial charge in [0.1, 0.15) is 18.6 Å². The third kappa shape index (κ3) is 7.73. The molecule has 2 aromatic rings. The number of benzene rings is 2. The van der Waals surface area contributed by atoms with Crippen molar-refractivity contribution in [3.8, 4) is 17.6 Å². The summed E-state index contributed by atoms with van der Waals surface area (Å²) in [5.74, 6) is 6.65. The summed E-state index contributed by atoms with van der Waals surface area (Å²) in [5, 5.41) is 18.3. The van der Waals surface area contributed by atoms with Crippen LogP contribution in [0.15, 0.2) is 42.5 Å². The molecule has 5 nitrogen and oxygen atoms in total. The second kappa shape index (κ2) is 13.2. The fraction of sp³-hybridized carbons (Fsp3) is 0.360. The van der Waals surface area contributed by atoms with E-state index in [1.165, 1.54) is 0 Å². The van der Waals surface area contributed by atoms with Gasteiger partial charge in [0.15, 0.2) is 0 Å². The molecule has 2 rings (SSSR count). The highest BCUT2D eigenvalue weighted by Gasteiger charge is 2.09. The van der Waals surface area contributed by atoms with Gasteiger partial charge in [-0.25, -0.2) is 0 Å². The molecule has 30 heavy (non-hydrogen) atoms. The summed E-state index contributed by atoms with van der Waals surface area (Å²) in [7, 11) is 1.00. The van der Waals surface area contributed by atoms with Gasteiger partial charge in [-0.05, 0) is 57.0 Å². The highest BCUT2D eigenvalue weighted by Crippen LogP contribution is 2.23. The third-order valence-electron chi connectivity index (χ3n) is 4.27. The van der Waals surface area contributed by atoms with Crippen LogP contribution < -0.4 is 10.1 Å². The number of anilines is 1. The summed E-state index contributed by atoms with van der Waals surface area (Å²) in [6.07, 6.45) is 1.30. The minimum Gasteiger partial charge on any atom is -0.489 e. The highest BCUT2D eigenvalue weighted by atomic mass is 16.5. The number of nitrogens with one attached hydrogen (secondary N) is 2. The minimum absolute atomic E-state index is 0.0712. The van der Waals surface area contributed by atoms with Gasteiger partial charge in [0.2, 0.25) is 0 Å². The Morgan fingerprint density at radius 3 is 2.40 bits per heavy atom. The van der Waals surface area contributed by atoms with E-state index in [0.29, 0.717) is 18.7 Å². The second-order valence-electron chi connectivity index (χ2n) is 7.01. The molecule has 0 aliphatic heterocycles. The summed E-state index contributed by atoms with van der Waals surface area (Å²) in [6.45, 7) is 8.17. The maximum atomic E-state index is 10.8. The SMILES string of the molecule is CC#C[C@@H](CC=O)c1ccc(OCc2ccc(C(C)=N)c(NC(C)C)c2)cc1.CO. The third-order valence-corrected chi connectivity index (χ3v) is 4.27. The summed E-state index contributed by atoms with van der Waals surface area (Å²) in [4.78, 5) is 10.8. The van der Waals surface area contributed by atoms with E-state index in [1.807, 2.05) is 42.5 Å². The first-order valence-electron chi connectivity index (χ1n) is 9.93. The predicted molar refractivity (Wildman–Crippen MR) is 123 cm³/mol. The number of aliphatic hydroxyl groups excluding tert-OH is 1. The van der Waals surface area contributed by atoms with Gasteiger partial charge in [-0.3, -0.25) is 0 Å². The van der Waals surface area contributed by atoms with Crippen LogP contribution in [-0.2, 0) is 11.4 Å². The Balaban J connectivity index is 0.00000218. The van der Waals surface area contributed by atoms with Crippen LogP contribution in [0.2, 0.25) is 0 Å². The Morgan fingerprint density at radius 1 is 1.20 bits per heavy atom. The summed E-state index contributed by atoms with van der Waals surface area (Å²) in [6, 6.07) is 14.0. The Bertz CT molecular complexity index is 878. The number of aldehydes is 1. The average Bonchev–Trinajstić information content (AvgIpc) is 2.73. The number of aliphatic hydroxyl groups is 1. The summed E-state index contributed by atoms with van der Waals surface area (Å²) in [5.41, 5.74) is 4.44. The summed E-state index contributed by atoms with van der Waals surface area (Å²) >= 11 is 0. The molecule has 0 amide bonds. The summed E-state index contributed by atoms with van der Waals surface area (Å²) < 4.78 is 5.92. The van der Waals surface area contributed by atoms with Gasteiger partial charge in [0, 0.05) is 36.5 Å². The Hall–Kier alpha value is -3.10. The Morgan fingerprint density at radius 2 is 1.87 bits per heavy atom. The van der Waals surface area contributed by atoms with Gasteiger partial charge in [0.25, 0.3) is 0 Å². The molecule has 0 aliphatic carbocycles. The van der Waals surface area contributed by atoms with Crippen LogP contribution in [0.4, 0.5) is 5.69 Å². The first-order valence-corrected chi connectivity index (χ1v) is 9.93. The molecule has 1 atom stereocenters. The molecule has 2 aromatic carbocycles. The number of carbonyl (C=O) groups is 1. The average molecular weight is 409 g/mol. The number of carbonyl (C=O) groups excluding carboxylic acids is 1. The lowest BCUT2D eigenvalue weighted by Crippen LogP contribution is -2.13. The van der Waals surface area contributed by atoms with E-state index in [2.05, 4.69) is 31.0 Å². The smallest absolute Gasteiger partial charge is 0.121 e. The number of rotatable bonds is 9. The van der Waals surface area contributed by atoms with Gasteiger partial charge in [-0.1, -0.05) is 30.2 Å². The van der Waals surface area contributed by atoms with Crippen molar-refractivity contribution in [2.75, 3.05) is 12.4 Å². The number of ether oxygens (including phenoxy) is 1. The fourth-order valence-corrected chi connectivity index (χ4v) is 2.95. The van der Waals surface area contributed by atoms with Crippen LogP contribution in [-0.4, -0.2) is 30.3 Å². The zero-order valence-corrected chi connectivity index (χ0v) is 18.5. The standard InChI is InChI=1S/C24H28N2O2.CH4O/c1-5-6-20(13-14-27)21-8-10-22(11-9-21)28-16-19-7-12-23(18(4)25)24(15-19)26-17(2)3;1-2/h7-12,14-15,17,20,25-26H,13,16H2,1-4H3;2H,1H3/t20-;/m0./s1. The topological polar surface area (TPSA) is 82.4 Å². The highest BCUT2D eigenvalue weighted by molar-refractivity contribution is 6.01. The van der Waals surface area contributed by atoms with Crippen molar-refractivity contribution < 1.29 is 14.6 Å². The lowest BCUT2D eigenvalue weighted by Gasteiger charge is -2.16. The van der Waals surface area contributed by atoms with E-state index < -0.39 is 0 Å². The largest absolute Gasteiger partial charge is 0.489 e. The van der Waals surface area contributed by atoms with Crippen molar-refractivity contribution in [3.05, 3.63) is 59.2 Å². The molecule has 0 radical (unpaired) electrons. The molecule has 0 spiro atoms. The molecule has 0 saturated heterocycles. The van der Waals surface area contributed by atoms with Gasteiger partial charge in [-0.15, -0.1) is 5.92 Å². The molecule has 0 aromatic heterocycles. The van der Waals surface area contributed by atoms with Crippen molar-refractivity contribution in [1.29, 1.82) is 5.41 Å². The molecule has 3 N–H and O–H groups in total. The molecule has 0 unspecified atom stereocenters. The number of hydrogen-bond donors (Lipinski definition) is 3. The van der Waals surface area contributed by atoms with Gasteiger partial charge in [-0.2, -0.15) is 0 Å². The number of hydrogen-bond acceptors (Lipinski definition) is 5. The quantitative estimate of drug-likeness (QED) is 0.317. The van der Waals surface area contributed by atoms with Crippen LogP contribution in [0.5, 0.6) is 5.75 Å². The minimum atomic E-state index is -0.0712. The molecule has 160 valence electrons. The first kappa shape index (κ1) is 24.9. The fourth-order valence-electron chi connectivity index (χ4n) is 2.95. The molecule has 0 bridgehead atoms. The van der Waals surface area contributed by atoms with Crippen LogP contribution in [0, 0.1) is 17.3 Å². The monoisotopic (exact) mass is 408 g/mol. The molecular formula is C25H32N2O3. The van der Waals surface area contributed by atoms with Crippen LogP contribution in [0.25, 0.3) is 0 Å². The molecule has 0 heterocycles. The van der Waals surface area contributed by atoms with E-state index in [0.717, 1.165) is 41.5 Å². The van der Waals surface area contributed by atoms with Crippen LogP contribution in [0.1, 0.15) is 56.7 Å². The van der Waals surface area contributed by atoms with Crippen molar-refractivity contribution in [3.63, 3.8) is 0 Å². The Kier molecular flexibility index (Phi) is 11.0. The van der Waals surface area contributed by atoms with Crippen molar-refractivity contribution >= 4 is 17.7 Å². The van der Waals surface area contributed by atoms with Crippen molar-refractivity contribution in [1.82, 2.24) is 0 Å². The lowest BCUT2D eigenvalue weighted by molar-refractivity contribution is -0.107. The predicted octanol–water partition coefficient (Wildman–Crippen LogP) is 4.78. The van der Waals surface area contributed by atoms with Gasteiger partial charge in [0.05, 0.1) is 5.92 Å². The van der Waals surface area contributed by atoms with Gasteiger partial charge >= 0.3 is 0 Å². The van der Waals surface area contributed by atoms with E-state index in [1.54, 1.807) is 13.8 Å². The zero-order chi connectivity index (χ0) is 22.5. The van der Waals surface area contributed by atoms with Crippen LogP contribution in [0.3, 0.4) is 0 Å². The maximum absolute atomic E-state index is 10.8. The first-order chi connectivity index (χ1) is 14.4. The normalized spacial score (nSPS) is 10.8. The maximum Gasteiger partial charge on any atom is 0.121 e. The van der Waals surface area contributed by atoms with Crippen molar-refractivity contribution in [2.45, 2.75) is 52.7 Å². The molecular weight excluding hydrogens is 376 g/mol. The molecule has 5 heteroatoms. The second-order valence-corrected chi connectivity index (χ2v) is 7.01. The van der Waals surface area contributed by atoms with Crippen molar-refractivity contribution in [2.24, 2.45) is 0 Å². The van der Waals surface area contributed by atoms with Gasteiger partial charge < -0.3 is 25.4 Å². The lowest BCUT2D eigenvalue weighted by atomic mass is 9.97. The molecule has 0 aliphatic rings. The van der Waals surface area contributed by atoms with E-state index in [-0.39, 0.29) is 12.0 Å². The Labute approximate surface area is 180 Å². The molecule has 0 fully saturated rings. The van der Waals surface area contributed by atoms with E-state index in [4.69, 9.17) is 15.3 Å². The zero-order valence-electron chi connectivity index (χ0n) is 18.5. The van der Waals surface area contributed by atoms with Crippen LogP contribution >= 0.6 is 0 Å². The van der Waals surface area contributed by atoms with E-state index >= 15 is 0 Å². The molecule has 0 saturated carbocycles. The van der Waals surface area contributed by atoms with E-state index in [9.17, 15) is 4.79 Å².